The summed E-state index contributed by atoms with van der Waals surface area (Å²) < 4.78 is 17.9. The predicted octanol–water partition coefficient (Wildman–Crippen LogP) is 0.952. The minimum atomic E-state index is -1.15. The van der Waals surface area contributed by atoms with Crippen molar-refractivity contribution in [2.24, 2.45) is 5.92 Å². The minimum Gasteiger partial charge on any atom is -0.492 e. The van der Waals surface area contributed by atoms with Gasteiger partial charge in [-0.25, -0.2) is 4.39 Å². The zero-order valence-electron chi connectivity index (χ0n) is 7.68. The van der Waals surface area contributed by atoms with E-state index in [9.17, 15) is 14.3 Å². The molecular formula is C10H9FO4. The van der Waals surface area contributed by atoms with Gasteiger partial charge in [-0.1, -0.05) is 0 Å². The summed E-state index contributed by atoms with van der Waals surface area (Å²) in [6.45, 7) is -0.146. The molecule has 0 saturated heterocycles. The van der Waals surface area contributed by atoms with E-state index < -0.39 is 23.8 Å². The van der Waals surface area contributed by atoms with Crippen LogP contribution < -0.4 is 4.74 Å². The molecule has 0 aromatic heterocycles. The fourth-order valence-corrected chi connectivity index (χ4v) is 1.57. The van der Waals surface area contributed by atoms with Crippen LogP contribution >= 0.6 is 0 Å². The largest absolute Gasteiger partial charge is 0.492 e. The highest BCUT2D eigenvalue weighted by molar-refractivity contribution is 5.72. The quantitative estimate of drug-likeness (QED) is 0.727. The number of hydrogen-bond acceptors (Lipinski definition) is 3. The molecule has 0 amide bonds. The molecule has 0 aliphatic carbocycles. The zero-order valence-corrected chi connectivity index (χ0v) is 7.68. The number of carbonyl (C=O) groups is 1. The van der Waals surface area contributed by atoms with E-state index in [1.165, 1.54) is 6.07 Å². The van der Waals surface area contributed by atoms with E-state index in [0.717, 1.165) is 12.1 Å². The highest BCUT2D eigenvalue weighted by Gasteiger charge is 2.34. The number of carboxylic acids is 1. The molecule has 0 radical (unpaired) electrons. The highest BCUT2D eigenvalue weighted by Crippen LogP contribution is 2.35. The number of ether oxygens (including phenoxy) is 1. The number of aliphatic carboxylic acids is 1. The maximum absolute atomic E-state index is 12.8. The molecule has 1 aliphatic rings. The molecule has 0 bridgehead atoms. The molecule has 2 N–H and O–H groups in total. The fourth-order valence-electron chi connectivity index (χ4n) is 1.57. The summed E-state index contributed by atoms with van der Waals surface area (Å²) in [6.07, 6.45) is -1.15. The first-order chi connectivity index (χ1) is 7.09. The second kappa shape index (κ2) is 3.51. The molecule has 2 rings (SSSR count). The normalized spacial score (nSPS) is 24.1. The van der Waals surface area contributed by atoms with Crippen molar-refractivity contribution in [3.63, 3.8) is 0 Å². The zero-order chi connectivity index (χ0) is 11.0. The summed E-state index contributed by atoms with van der Waals surface area (Å²) in [7, 11) is 0. The van der Waals surface area contributed by atoms with Crippen LogP contribution in [0.15, 0.2) is 18.2 Å². The molecule has 0 saturated carbocycles. The summed E-state index contributed by atoms with van der Waals surface area (Å²) in [5, 5.41) is 18.5. The van der Waals surface area contributed by atoms with Crippen molar-refractivity contribution in [2.45, 2.75) is 6.10 Å². The van der Waals surface area contributed by atoms with Crippen LogP contribution in [-0.4, -0.2) is 22.8 Å². The fraction of sp³-hybridized carbons (Fsp3) is 0.300. The van der Waals surface area contributed by atoms with Gasteiger partial charge in [-0.3, -0.25) is 4.79 Å². The van der Waals surface area contributed by atoms with E-state index in [-0.39, 0.29) is 12.4 Å². The Hall–Kier alpha value is -1.62. The van der Waals surface area contributed by atoms with Crippen LogP contribution in [0.2, 0.25) is 0 Å². The Labute approximate surface area is 84.9 Å². The summed E-state index contributed by atoms with van der Waals surface area (Å²) in [5.41, 5.74) is 0.315. The van der Waals surface area contributed by atoms with Crippen LogP contribution in [0.25, 0.3) is 0 Å². The Kier molecular flexibility index (Phi) is 2.32. The molecule has 2 atom stereocenters. The van der Waals surface area contributed by atoms with Crippen LogP contribution in [0, 0.1) is 11.7 Å². The first kappa shape index (κ1) is 9.92. The van der Waals surface area contributed by atoms with Crippen molar-refractivity contribution in [1.82, 2.24) is 0 Å². The van der Waals surface area contributed by atoms with Gasteiger partial charge in [0.1, 0.15) is 24.1 Å². The molecule has 5 heteroatoms. The number of fused-ring (bicyclic) bond motifs is 1. The lowest BCUT2D eigenvalue weighted by Gasteiger charge is -2.27. The molecule has 1 aromatic carbocycles. The van der Waals surface area contributed by atoms with E-state index >= 15 is 0 Å². The number of benzene rings is 1. The predicted molar refractivity (Wildman–Crippen MR) is 48.0 cm³/mol. The molecule has 1 aliphatic heterocycles. The molecule has 0 spiro atoms. The van der Waals surface area contributed by atoms with Crippen molar-refractivity contribution in [3.8, 4) is 5.75 Å². The molecule has 2 unspecified atom stereocenters. The number of rotatable bonds is 1. The third kappa shape index (κ3) is 1.66. The number of carboxylic acid groups (broad SMARTS) is 1. The van der Waals surface area contributed by atoms with Crippen LogP contribution in [0.1, 0.15) is 11.7 Å². The summed E-state index contributed by atoms with van der Waals surface area (Å²) >= 11 is 0. The smallest absolute Gasteiger partial charge is 0.313 e. The topological polar surface area (TPSA) is 66.8 Å². The van der Waals surface area contributed by atoms with Crippen molar-refractivity contribution >= 4 is 5.97 Å². The summed E-state index contributed by atoms with van der Waals surface area (Å²) in [6, 6.07) is 3.64. The lowest BCUT2D eigenvalue weighted by atomic mass is 9.93. The van der Waals surface area contributed by atoms with Crippen LogP contribution in [0.3, 0.4) is 0 Å². The number of hydrogen-bond donors (Lipinski definition) is 2. The number of aliphatic hydroxyl groups excluding tert-OH is 1. The first-order valence-electron chi connectivity index (χ1n) is 4.42. The van der Waals surface area contributed by atoms with Crippen LogP contribution in [0.4, 0.5) is 4.39 Å². The second-order valence-electron chi connectivity index (χ2n) is 3.38. The van der Waals surface area contributed by atoms with Gasteiger partial charge in [0.2, 0.25) is 0 Å². The molecule has 1 aromatic rings. The van der Waals surface area contributed by atoms with Crippen molar-refractivity contribution in [2.75, 3.05) is 6.61 Å². The number of aliphatic hydroxyl groups is 1. The second-order valence-corrected chi connectivity index (χ2v) is 3.38. The van der Waals surface area contributed by atoms with Gasteiger partial charge in [0.05, 0.1) is 6.10 Å². The van der Waals surface area contributed by atoms with E-state index in [1.54, 1.807) is 0 Å². The standard InChI is InChI=1S/C10H9FO4/c11-5-1-2-6-8(3-5)15-4-7(9(6)12)10(13)14/h1-3,7,9,12H,4H2,(H,13,14). The van der Waals surface area contributed by atoms with E-state index in [0.29, 0.717) is 5.56 Å². The maximum Gasteiger partial charge on any atom is 0.313 e. The molecule has 1 heterocycles. The van der Waals surface area contributed by atoms with Crippen LogP contribution in [0.5, 0.6) is 5.75 Å². The van der Waals surface area contributed by atoms with Gasteiger partial charge in [0, 0.05) is 11.6 Å². The van der Waals surface area contributed by atoms with Gasteiger partial charge >= 0.3 is 5.97 Å². The lowest BCUT2D eigenvalue weighted by molar-refractivity contribution is -0.148. The Bertz CT molecular complexity index is 404. The minimum absolute atomic E-state index is 0.146. The lowest BCUT2D eigenvalue weighted by Crippen LogP contribution is -2.32. The van der Waals surface area contributed by atoms with E-state index in [1.807, 2.05) is 0 Å². The van der Waals surface area contributed by atoms with Gasteiger partial charge in [0.15, 0.2) is 0 Å². The monoisotopic (exact) mass is 212 g/mol. The summed E-state index contributed by atoms with van der Waals surface area (Å²) in [4.78, 5) is 10.7. The molecule has 4 nitrogen and oxygen atoms in total. The van der Waals surface area contributed by atoms with Gasteiger partial charge in [0.25, 0.3) is 0 Å². The third-order valence-corrected chi connectivity index (χ3v) is 2.41. The Morgan fingerprint density at radius 3 is 2.93 bits per heavy atom. The van der Waals surface area contributed by atoms with Gasteiger partial charge < -0.3 is 14.9 Å². The molecule has 15 heavy (non-hydrogen) atoms. The van der Waals surface area contributed by atoms with Crippen molar-refractivity contribution in [3.05, 3.63) is 29.6 Å². The van der Waals surface area contributed by atoms with Crippen LogP contribution in [-0.2, 0) is 4.79 Å². The Morgan fingerprint density at radius 2 is 2.27 bits per heavy atom. The maximum atomic E-state index is 12.8. The Balaban J connectivity index is 2.38. The first-order valence-corrected chi connectivity index (χ1v) is 4.42. The van der Waals surface area contributed by atoms with E-state index in [4.69, 9.17) is 9.84 Å². The van der Waals surface area contributed by atoms with Crippen molar-refractivity contribution < 1.29 is 24.1 Å². The Morgan fingerprint density at radius 1 is 1.53 bits per heavy atom. The molecule has 80 valence electrons. The average Bonchev–Trinajstić information content (AvgIpc) is 2.17. The van der Waals surface area contributed by atoms with Gasteiger partial charge in [-0.2, -0.15) is 0 Å². The SMILES string of the molecule is O=C(O)C1COc2cc(F)ccc2C1O. The van der Waals surface area contributed by atoms with Gasteiger partial charge in [-0.05, 0) is 12.1 Å². The summed E-state index contributed by atoms with van der Waals surface area (Å²) in [5.74, 6) is -2.39. The van der Waals surface area contributed by atoms with E-state index in [2.05, 4.69) is 0 Å². The van der Waals surface area contributed by atoms with Gasteiger partial charge in [-0.15, -0.1) is 0 Å². The number of halogens is 1. The molecular weight excluding hydrogens is 203 g/mol. The highest BCUT2D eigenvalue weighted by atomic mass is 19.1. The third-order valence-electron chi connectivity index (χ3n) is 2.41. The average molecular weight is 212 g/mol. The van der Waals surface area contributed by atoms with Crippen molar-refractivity contribution in [1.29, 1.82) is 0 Å². The molecule has 0 fully saturated rings.